The van der Waals surface area contributed by atoms with Crippen molar-refractivity contribution in [3.63, 3.8) is 0 Å². The molecule has 1 rings (SSSR count). The van der Waals surface area contributed by atoms with Gasteiger partial charge in [-0.15, -0.1) is 0 Å². The summed E-state index contributed by atoms with van der Waals surface area (Å²) in [6.45, 7) is 3.08. The van der Waals surface area contributed by atoms with Crippen LogP contribution in [0.1, 0.15) is 24.5 Å². The molecule has 1 aromatic rings. The van der Waals surface area contributed by atoms with E-state index in [9.17, 15) is 9.59 Å². The fraction of sp³-hybridized carbons (Fsp3) is 0.400. The molecule has 0 aromatic carbocycles. The van der Waals surface area contributed by atoms with Crippen LogP contribution in [-0.4, -0.2) is 19.0 Å². The van der Waals surface area contributed by atoms with E-state index in [-0.39, 0.29) is 5.91 Å². The maximum atomic E-state index is 11.4. The van der Waals surface area contributed by atoms with Crippen LogP contribution < -0.4 is 5.32 Å². The zero-order valence-corrected chi connectivity index (χ0v) is 8.87. The van der Waals surface area contributed by atoms with Crippen molar-refractivity contribution in [1.82, 2.24) is 5.32 Å². The molecule has 5 nitrogen and oxygen atoms in total. The maximum absolute atomic E-state index is 11.4. The van der Waals surface area contributed by atoms with Crippen molar-refractivity contribution in [2.24, 2.45) is 0 Å². The predicted octanol–water partition coefficient (Wildman–Crippen LogP) is 0.938. The van der Waals surface area contributed by atoms with Crippen molar-refractivity contribution < 1.29 is 18.7 Å². The van der Waals surface area contributed by atoms with Gasteiger partial charge in [-0.25, -0.2) is 4.79 Å². The number of carbonyl (C=O) groups is 2. The third-order valence-electron chi connectivity index (χ3n) is 1.83. The van der Waals surface area contributed by atoms with Crippen molar-refractivity contribution in [2.45, 2.75) is 19.9 Å². The van der Waals surface area contributed by atoms with E-state index in [1.165, 1.54) is 14.0 Å². The second-order valence-corrected chi connectivity index (χ2v) is 3.11. The number of ether oxygens (including phenoxy) is 1. The number of methoxy groups -OCH3 is 1. The number of furan rings is 1. The maximum Gasteiger partial charge on any atom is 0.336 e. The number of aryl methyl sites for hydroxylation is 1. The quantitative estimate of drug-likeness (QED) is 0.755. The highest BCUT2D eigenvalue weighted by molar-refractivity contribution is 5.83. The Balaban J connectivity index is 2.90. The van der Waals surface area contributed by atoms with Crippen molar-refractivity contribution in [3.8, 4) is 0 Å². The van der Waals surface area contributed by atoms with Gasteiger partial charge in [0.2, 0.25) is 5.91 Å². The van der Waals surface area contributed by atoms with Gasteiger partial charge in [0.15, 0.2) is 6.04 Å². The largest absolute Gasteiger partial charge is 0.467 e. The molecule has 0 aliphatic heterocycles. The normalized spacial score (nSPS) is 11.9. The fourth-order valence-electron chi connectivity index (χ4n) is 1.18. The molecule has 5 heteroatoms. The average Bonchev–Trinajstić information content (AvgIpc) is 2.59. The number of nitrogens with one attached hydrogen (secondary N) is 1. The number of amides is 1. The minimum absolute atomic E-state index is 0.320. The zero-order chi connectivity index (χ0) is 11.4. The van der Waals surface area contributed by atoms with Crippen LogP contribution in [0.25, 0.3) is 0 Å². The number of hydrogen-bond donors (Lipinski definition) is 1. The van der Waals surface area contributed by atoms with E-state index in [1.807, 2.05) is 0 Å². The number of rotatable bonds is 3. The van der Waals surface area contributed by atoms with E-state index in [0.29, 0.717) is 11.5 Å². The molecule has 0 radical (unpaired) electrons. The fourth-order valence-corrected chi connectivity index (χ4v) is 1.18. The summed E-state index contributed by atoms with van der Waals surface area (Å²) < 4.78 is 9.82. The monoisotopic (exact) mass is 211 g/mol. The van der Waals surface area contributed by atoms with Gasteiger partial charge in [-0.05, 0) is 19.1 Å². The third-order valence-corrected chi connectivity index (χ3v) is 1.83. The Morgan fingerprint density at radius 1 is 1.47 bits per heavy atom. The van der Waals surface area contributed by atoms with Gasteiger partial charge in [0.25, 0.3) is 0 Å². The molecule has 1 atom stereocenters. The topological polar surface area (TPSA) is 68.5 Å². The zero-order valence-electron chi connectivity index (χ0n) is 8.87. The number of hydrogen-bond acceptors (Lipinski definition) is 4. The standard InChI is InChI=1S/C10H13NO4/c1-6-4-5-8(15-6)9(10(13)14-3)11-7(2)12/h4-5,9H,1-3H3,(H,11,12). The van der Waals surface area contributed by atoms with E-state index >= 15 is 0 Å². The molecule has 1 amide bonds. The summed E-state index contributed by atoms with van der Waals surface area (Å²) in [5.74, 6) is 0.165. The Hall–Kier alpha value is -1.78. The first kappa shape index (κ1) is 11.3. The van der Waals surface area contributed by atoms with Crippen LogP contribution in [0.2, 0.25) is 0 Å². The number of esters is 1. The van der Waals surface area contributed by atoms with Crippen molar-refractivity contribution in [1.29, 1.82) is 0 Å². The lowest BCUT2D eigenvalue weighted by molar-refractivity contribution is -0.145. The second kappa shape index (κ2) is 4.63. The van der Waals surface area contributed by atoms with Gasteiger partial charge < -0.3 is 14.5 Å². The lowest BCUT2D eigenvalue weighted by Crippen LogP contribution is -2.32. The molecule has 0 saturated carbocycles. The second-order valence-electron chi connectivity index (χ2n) is 3.11. The van der Waals surface area contributed by atoms with E-state index in [1.54, 1.807) is 19.1 Å². The SMILES string of the molecule is COC(=O)C(NC(C)=O)c1ccc(C)o1. The summed E-state index contributed by atoms with van der Waals surface area (Å²) in [7, 11) is 1.26. The van der Waals surface area contributed by atoms with Gasteiger partial charge in [0.05, 0.1) is 7.11 Å². The van der Waals surface area contributed by atoms with Crippen LogP contribution in [0.3, 0.4) is 0 Å². The molecule has 0 saturated heterocycles. The van der Waals surface area contributed by atoms with E-state index < -0.39 is 12.0 Å². The summed E-state index contributed by atoms with van der Waals surface area (Å²) in [5, 5.41) is 2.45. The van der Waals surface area contributed by atoms with Crippen molar-refractivity contribution in [3.05, 3.63) is 23.7 Å². The van der Waals surface area contributed by atoms with Crippen LogP contribution in [0, 0.1) is 6.92 Å². The molecule has 1 N–H and O–H groups in total. The predicted molar refractivity (Wildman–Crippen MR) is 52.0 cm³/mol. The molecule has 0 aliphatic carbocycles. The first-order chi connectivity index (χ1) is 7.04. The molecule has 1 unspecified atom stereocenters. The molecule has 1 aromatic heterocycles. The Labute approximate surface area is 87.4 Å². The van der Waals surface area contributed by atoms with Gasteiger partial charge in [0, 0.05) is 6.92 Å². The number of carbonyl (C=O) groups excluding carboxylic acids is 2. The van der Waals surface area contributed by atoms with Gasteiger partial charge in [-0.2, -0.15) is 0 Å². The van der Waals surface area contributed by atoms with Gasteiger partial charge in [0.1, 0.15) is 11.5 Å². The molecule has 0 bridgehead atoms. The molecule has 1 heterocycles. The van der Waals surface area contributed by atoms with Crippen LogP contribution in [0.4, 0.5) is 0 Å². The Morgan fingerprint density at radius 3 is 2.53 bits per heavy atom. The van der Waals surface area contributed by atoms with E-state index in [4.69, 9.17) is 4.42 Å². The summed E-state index contributed by atoms with van der Waals surface area (Å²) >= 11 is 0. The first-order valence-corrected chi connectivity index (χ1v) is 4.46. The molecule has 0 spiro atoms. The molecule has 82 valence electrons. The lowest BCUT2D eigenvalue weighted by atomic mass is 10.2. The smallest absolute Gasteiger partial charge is 0.336 e. The summed E-state index contributed by atoms with van der Waals surface area (Å²) in [6.07, 6.45) is 0. The Morgan fingerprint density at radius 2 is 2.13 bits per heavy atom. The molecule has 0 fully saturated rings. The van der Waals surface area contributed by atoms with Gasteiger partial charge in [-0.1, -0.05) is 0 Å². The summed E-state index contributed by atoms with van der Waals surface area (Å²) in [5.41, 5.74) is 0. The minimum Gasteiger partial charge on any atom is -0.467 e. The Kier molecular flexibility index (Phi) is 3.49. The van der Waals surface area contributed by atoms with Crippen LogP contribution >= 0.6 is 0 Å². The molecular formula is C10H13NO4. The highest BCUT2D eigenvalue weighted by Crippen LogP contribution is 2.17. The first-order valence-electron chi connectivity index (χ1n) is 4.46. The van der Waals surface area contributed by atoms with Crippen LogP contribution in [-0.2, 0) is 14.3 Å². The average molecular weight is 211 g/mol. The summed E-state index contributed by atoms with van der Waals surface area (Å²) in [4.78, 5) is 22.3. The highest BCUT2D eigenvalue weighted by atomic mass is 16.5. The highest BCUT2D eigenvalue weighted by Gasteiger charge is 2.25. The molecular weight excluding hydrogens is 198 g/mol. The van der Waals surface area contributed by atoms with Crippen LogP contribution in [0.15, 0.2) is 16.5 Å². The summed E-state index contributed by atoms with van der Waals surface area (Å²) in [6, 6.07) is 2.47. The van der Waals surface area contributed by atoms with Crippen LogP contribution in [0.5, 0.6) is 0 Å². The van der Waals surface area contributed by atoms with Crippen molar-refractivity contribution >= 4 is 11.9 Å². The molecule has 0 aliphatic rings. The van der Waals surface area contributed by atoms with Crippen molar-refractivity contribution in [2.75, 3.05) is 7.11 Å². The Bertz CT molecular complexity index is 369. The third kappa shape index (κ3) is 2.83. The van der Waals surface area contributed by atoms with Gasteiger partial charge in [-0.3, -0.25) is 4.79 Å². The lowest BCUT2D eigenvalue weighted by Gasteiger charge is -2.12. The molecule has 15 heavy (non-hydrogen) atoms. The van der Waals surface area contributed by atoms with E-state index in [2.05, 4.69) is 10.1 Å². The van der Waals surface area contributed by atoms with E-state index in [0.717, 1.165) is 0 Å². The minimum atomic E-state index is -0.874. The van der Waals surface area contributed by atoms with Gasteiger partial charge >= 0.3 is 5.97 Å².